The van der Waals surface area contributed by atoms with Crippen LogP contribution in [-0.4, -0.2) is 13.7 Å². The molecule has 0 aliphatic rings. The molecule has 5 heteroatoms. The summed E-state index contributed by atoms with van der Waals surface area (Å²) in [6, 6.07) is 19.9. The van der Waals surface area contributed by atoms with Crippen molar-refractivity contribution in [1.29, 1.82) is 0 Å². The van der Waals surface area contributed by atoms with Gasteiger partial charge >= 0.3 is 0 Å². The van der Waals surface area contributed by atoms with Gasteiger partial charge in [0, 0.05) is 12.2 Å². The molecule has 3 rings (SSSR count). The first kappa shape index (κ1) is 19.5. The first-order valence-corrected chi connectivity index (χ1v) is 9.19. The van der Waals surface area contributed by atoms with E-state index < -0.39 is 0 Å². The average Bonchev–Trinajstić information content (AvgIpc) is 2.73. The molecule has 0 unspecified atom stereocenters. The summed E-state index contributed by atoms with van der Waals surface area (Å²) < 4.78 is 29.8. The summed E-state index contributed by atoms with van der Waals surface area (Å²) in [6.07, 6.45) is 0. The van der Waals surface area contributed by atoms with Gasteiger partial charge in [-0.2, -0.15) is 0 Å². The maximum Gasteiger partial charge on any atom is 0.161 e. The Hall–Kier alpha value is -3.21. The minimum absolute atomic E-state index is 0.257. The third kappa shape index (κ3) is 5.39. The van der Waals surface area contributed by atoms with Gasteiger partial charge in [0.15, 0.2) is 11.5 Å². The highest BCUT2D eigenvalue weighted by Crippen LogP contribution is 2.30. The lowest BCUT2D eigenvalue weighted by Gasteiger charge is -2.14. The van der Waals surface area contributed by atoms with Crippen LogP contribution in [0.2, 0.25) is 0 Å². The monoisotopic (exact) mass is 381 g/mol. The van der Waals surface area contributed by atoms with Crippen LogP contribution in [0.25, 0.3) is 0 Å². The number of anilines is 1. The second-order valence-corrected chi connectivity index (χ2v) is 6.21. The van der Waals surface area contributed by atoms with E-state index in [1.54, 1.807) is 19.2 Å². The molecule has 0 saturated carbocycles. The molecule has 0 atom stereocenters. The molecule has 0 saturated heterocycles. The Labute approximate surface area is 164 Å². The summed E-state index contributed by atoms with van der Waals surface area (Å²) in [5, 5.41) is 3.38. The van der Waals surface area contributed by atoms with Crippen molar-refractivity contribution in [3.05, 3.63) is 83.7 Å². The lowest BCUT2D eigenvalue weighted by molar-refractivity contribution is 0.269. The summed E-state index contributed by atoms with van der Waals surface area (Å²) in [4.78, 5) is 0. The van der Waals surface area contributed by atoms with Gasteiger partial charge < -0.3 is 19.5 Å². The molecule has 1 N–H and O–H groups in total. The van der Waals surface area contributed by atoms with Gasteiger partial charge in [-0.1, -0.05) is 18.2 Å². The molecule has 0 heterocycles. The van der Waals surface area contributed by atoms with Crippen LogP contribution in [0.5, 0.6) is 17.2 Å². The van der Waals surface area contributed by atoms with Gasteiger partial charge in [-0.25, -0.2) is 4.39 Å². The molecular formula is C23H24FNO3. The smallest absolute Gasteiger partial charge is 0.161 e. The number of ether oxygens (including phenoxy) is 3. The maximum absolute atomic E-state index is 13.0. The van der Waals surface area contributed by atoms with Gasteiger partial charge in [-0.05, 0) is 66.6 Å². The van der Waals surface area contributed by atoms with E-state index in [1.807, 2.05) is 49.4 Å². The van der Waals surface area contributed by atoms with Crippen LogP contribution in [0.15, 0.2) is 66.7 Å². The first-order chi connectivity index (χ1) is 13.7. The highest BCUT2D eigenvalue weighted by molar-refractivity contribution is 5.48. The normalized spacial score (nSPS) is 10.4. The molecule has 0 aliphatic heterocycles. The summed E-state index contributed by atoms with van der Waals surface area (Å²) in [5.74, 6) is 1.93. The molecule has 4 nitrogen and oxygen atoms in total. The Balaban J connectivity index is 1.64. The number of methoxy groups -OCH3 is 1. The topological polar surface area (TPSA) is 39.7 Å². The summed E-state index contributed by atoms with van der Waals surface area (Å²) in [5.41, 5.74) is 2.98. The molecule has 3 aromatic rings. The standard InChI is InChI=1S/C23H24FNO3/c1-3-27-23-14-18(15-25-20-9-11-21(26-2)12-10-20)6-13-22(23)28-16-17-4-7-19(24)8-5-17/h4-14,25H,3,15-16H2,1-2H3. The van der Waals surface area contributed by atoms with Crippen LogP contribution in [0, 0.1) is 5.82 Å². The minimum Gasteiger partial charge on any atom is -0.497 e. The molecule has 0 spiro atoms. The van der Waals surface area contributed by atoms with Crippen LogP contribution >= 0.6 is 0 Å². The van der Waals surface area contributed by atoms with Crippen LogP contribution in [0.3, 0.4) is 0 Å². The second kappa shape index (κ2) is 9.65. The molecule has 3 aromatic carbocycles. The molecular weight excluding hydrogens is 357 g/mol. The second-order valence-electron chi connectivity index (χ2n) is 6.21. The number of halogens is 1. The van der Waals surface area contributed by atoms with E-state index in [0.717, 1.165) is 22.6 Å². The number of rotatable bonds is 9. The van der Waals surface area contributed by atoms with Gasteiger partial charge in [0.25, 0.3) is 0 Å². The van der Waals surface area contributed by atoms with Crippen molar-refractivity contribution in [2.75, 3.05) is 19.0 Å². The number of hydrogen-bond donors (Lipinski definition) is 1. The zero-order valence-corrected chi connectivity index (χ0v) is 16.1. The SMILES string of the molecule is CCOc1cc(CNc2ccc(OC)cc2)ccc1OCc1ccc(F)cc1. The molecule has 0 aliphatic carbocycles. The van der Waals surface area contributed by atoms with Crippen molar-refractivity contribution >= 4 is 5.69 Å². The third-order valence-electron chi connectivity index (χ3n) is 4.20. The minimum atomic E-state index is -0.257. The van der Waals surface area contributed by atoms with Crippen molar-refractivity contribution < 1.29 is 18.6 Å². The van der Waals surface area contributed by atoms with E-state index in [-0.39, 0.29) is 5.82 Å². The van der Waals surface area contributed by atoms with Crippen molar-refractivity contribution in [3.8, 4) is 17.2 Å². The lowest BCUT2D eigenvalue weighted by atomic mass is 10.2. The number of nitrogens with one attached hydrogen (secondary N) is 1. The lowest BCUT2D eigenvalue weighted by Crippen LogP contribution is -2.03. The van der Waals surface area contributed by atoms with Crippen molar-refractivity contribution in [1.82, 2.24) is 0 Å². The van der Waals surface area contributed by atoms with Crippen LogP contribution in [-0.2, 0) is 13.2 Å². The molecule has 0 bridgehead atoms. The van der Waals surface area contributed by atoms with Crippen molar-refractivity contribution in [2.45, 2.75) is 20.1 Å². The van der Waals surface area contributed by atoms with Crippen molar-refractivity contribution in [2.24, 2.45) is 0 Å². The largest absolute Gasteiger partial charge is 0.497 e. The van der Waals surface area contributed by atoms with Gasteiger partial charge in [0.1, 0.15) is 18.2 Å². The first-order valence-electron chi connectivity index (χ1n) is 9.19. The zero-order valence-electron chi connectivity index (χ0n) is 16.1. The Morgan fingerprint density at radius 1 is 0.821 bits per heavy atom. The summed E-state index contributed by atoms with van der Waals surface area (Å²) in [6.45, 7) is 3.49. The van der Waals surface area contributed by atoms with Crippen LogP contribution in [0.1, 0.15) is 18.1 Å². The van der Waals surface area contributed by atoms with E-state index in [9.17, 15) is 4.39 Å². The summed E-state index contributed by atoms with van der Waals surface area (Å²) >= 11 is 0. The average molecular weight is 381 g/mol. The van der Waals surface area contributed by atoms with Crippen LogP contribution < -0.4 is 19.5 Å². The fourth-order valence-electron chi connectivity index (χ4n) is 2.70. The van der Waals surface area contributed by atoms with E-state index in [4.69, 9.17) is 14.2 Å². The van der Waals surface area contributed by atoms with Gasteiger partial charge in [-0.15, -0.1) is 0 Å². The fraction of sp³-hybridized carbons (Fsp3) is 0.217. The molecule has 0 amide bonds. The van der Waals surface area contributed by atoms with E-state index in [1.165, 1.54) is 12.1 Å². The molecule has 0 radical (unpaired) electrons. The van der Waals surface area contributed by atoms with E-state index in [0.29, 0.717) is 31.3 Å². The zero-order chi connectivity index (χ0) is 19.8. The van der Waals surface area contributed by atoms with Gasteiger partial charge in [0.2, 0.25) is 0 Å². The molecule has 146 valence electrons. The quantitative estimate of drug-likeness (QED) is 0.537. The maximum atomic E-state index is 13.0. The van der Waals surface area contributed by atoms with Gasteiger partial charge in [0.05, 0.1) is 13.7 Å². The number of hydrogen-bond acceptors (Lipinski definition) is 4. The van der Waals surface area contributed by atoms with E-state index >= 15 is 0 Å². The van der Waals surface area contributed by atoms with Crippen molar-refractivity contribution in [3.63, 3.8) is 0 Å². The van der Waals surface area contributed by atoms with E-state index in [2.05, 4.69) is 5.32 Å². The molecule has 0 aromatic heterocycles. The van der Waals surface area contributed by atoms with Gasteiger partial charge in [-0.3, -0.25) is 0 Å². The Morgan fingerprint density at radius 2 is 1.54 bits per heavy atom. The third-order valence-corrected chi connectivity index (χ3v) is 4.20. The predicted octanol–water partition coefficient (Wildman–Crippen LogP) is 5.42. The van der Waals surface area contributed by atoms with Crippen LogP contribution in [0.4, 0.5) is 10.1 Å². The Kier molecular flexibility index (Phi) is 6.73. The Bertz CT molecular complexity index is 879. The molecule has 28 heavy (non-hydrogen) atoms. The Morgan fingerprint density at radius 3 is 2.21 bits per heavy atom. The summed E-state index contributed by atoms with van der Waals surface area (Å²) in [7, 11) is 1.65. The molecule has 0 fully saturated rings. The highest BCUT2D eigenvalue weighted by Gasteiger charge is 2.08. The number of benzene rings is 3. The fourth-order valence-corrected chi connectivity index (χ4v) is 2.70. The highest BCUT2D eigenvalue weighted by atomic mass is 19.1. The predicted molar refractivity (Wildman–Crippen MR) is 109 cm³/mol.